The molecule has 0 aromatic heterocycles. The summed E-state index contributed by atoms with van der Waals surface area (Å²) in [6.45, 7) is 2.51. The number of hydrogen-bond acceptors (Lipinski definition) is 3. The summed E-state index contributed by atoms with van der Waals surface area (Å²) < 4.78 is 4.70. The van der Waals surface area contributed by atoms with Crippen LogP contribution in [-0.2, 0) is 11.3 Å². The Bertz CT molecular complexity index is 671. The minimum atomic E-state index is -0.395. The Kier molecular flexibility index (Phi) is 5.10. The van der Waals surface area contributed by atoms with Gasteiger partial charge in [0, 0.05) is 11.6 Å². The van der Waals surface area contributed by atoms with Crippen LogP contribution in [0.1, 0.15) is 21.5 Å². The van der Waals surface area contributed by atoms with Crippen LogP contribution in [0.5, 0.6) is 0 Å². The molecule has 0 heterocycles. The van der Waals surface area contributed by atoms with Crippen molar-refractivity contribution in [3.05, 3.63) is 63.1 Å². The maximum absolute atomic E-state index is 11.5. The van der Waals surface area contributed by atoms with E-state index in [4.69, 9.17) is 27.9 Å². The van der Waals surface area contributed by atoms with Gasteiger partial charge in [0.05, 0.1) is 23.4 Å². The van der Waals surface area contributed by atoms with E-state index in [9.17, 15) is 4.79 Å². The van der Waals surface area contributed by atoms with Crippen LogP contribution in [0.2, 0.25) is 10.0 Å². The third kappa shape index (κ3) is 3.90. The fourth-order valence-corrected chi connectivity index (χ4v) is 2.24. The summed E-state index contributed by atoms with van der Waals surface area (Å²) in [4.78, 5) is 11.5. The van der Waals surface area contributed by atoms with Crippen molar-refractivity contribution in [1.29, 1.82) is 0 Å². The molecule has 0 atom stereocenters. The number of ether oxygens (including phenoxy) is 1. The fraction of sp³-hybridized carbons (Fsp3) is 0.188. The van der Waals surface area contributed by atoms with Crippen LogP contribution in [0.15, 0.2) is 36.4 Å². The van der Waals surface area contributed by atoms with Crippen LogP contribution >= 0.6 is 23.2 Å². The lowest BCUT2D eigenvalue weighted by molar-refractivity contribution is 0.0601. The number of esters is 1. The number of nitrogens with one attached hydrogen (secondary N) is 1. The number of hydrogen-bond donors (Lipinski definition) is 1. The van der Waals surface area contributed by atoms with Crippen LogP contribution in [0.25, 0.3) is 0 Å². The van der Waals surface area contributed by atoms with Gasteiger partial charge in [-0.25, -0.2) is 4.79 Å². The van der Waals surface area contributed by atoms with Crippen molar-refractivity contribution in [2.45, 2.75) is 13.5 Å². The summed E-state index contributed by atoms with van der Waals surface area (Å²) in [5.74, 6) is -0.395. The van der Waals surface area contributed by atoms with E-state index in [1.807, 2.05) is 25.1 Å². The second kappa shape index (κ2) is 6.83. The van der Waals surface area contributed by atoms with E-state index in [1.165, 1.54) is 7.11 Å². The molecule has 0 radical (unpaired) electrons. The Morgan fingerprint density at radius 2 is 1.90 bits per heavy atom. The molecule has 0 aliphatic carbocycles. The predicted octanol–water partition coefficient (Wildman–Crippen LogP) is 4.70. The number of rotatable bonds is 4. The molecule has 110 valence electrons. The number of anilines is 1. The summed E-state index contributed by atoms with van der Waals surface area (Å²) in [6, 6.07) is 10.8. The maximum Gasteiger partial charge on any atom is 0.337 e. The maximum atomic E-state index is 11.5. The number of benzene rings is 2. The Morgan fingerprint density at radius 1 is 1.14 bits per heavy atom. The minimum Gasteiger partial charge on any atom is -0.465 e. The summed E-state index contributed by atoms with van der Waals surface area (Å²) >= 11 is 12.2. The van der Waals surface area contributed by atoms with E-state index in [-0.39, 0.29) is 0 Å². The standard InChI is InChI=1S/C16H15Cl2NO2/c1-10-3-4-11(7-14(10)18)9-19-15-8-12(16(20)21-2)5-6-13(15)17/h3-8,19H,9H2,1-2H3. The molecule has 0 fully saturated rings. The zero-order valence-corrected chi connectivity index (χ0v) is 13.3. The number of halogens is 2. The molecule has 0 saturated carbocycles. The zero-order valence-electron chi connectivity index (χ0n) is 11.7. The lowest BCUT2D eigenvalue weighted by Gasteiger charge is -2.11. The van der Waals surface area contributed by atoms with Crippen molar-refractivity contribution in [3.8, 4) is 0 Å². The molecule has 2 aromatic carbocycles. The van der Waals surface area contributed by atoms with E-state index in [2.05, 4.69) is 5.32 Å². The molecule has 3 nitrogen and oxygen atoms in total. The first-order valence-electron chi connectivity index (χ1n) is 6.38. The highest BCUT2D eigenvalue weighted by molar-refractivity contribution is 6.33. The normalized spacial score (nSPS) is 10.3. The van der Waals surface area contributed by atoms with E-state index >= 15 is 0 Å². The monoisotopic (exact) mass is 323 g/mol. The highest BCUT2D eigenvalue weighted by Crippen LogP contribution is 2.25. The van der Waals surface area contributed by atoms with E-state index < -0.39 is 5.97 Å². The van der Waals surface area contributed by atoms with Crippen LogP contribution in [0, 0.1) is 6.92 Å². The number of carbonyl (C=O) groups excluding carboxylic acids is 1. The van der Waals surface area contributed by atoms with Gasteiger partial charge >= 0.3 is 5.97 Å². The zero-order chi connectivity index (χ0) is 15.4. The van der Waals surface area contributed by atoms with Gasteiger partial charge in [0.15, 0.2) is 0 Å². The average Bonchev–Trinajstić information content (AvgIpc) is 2.49. The average molecular weight is 324 g/mol. The first-order valence-corrected chi connectivity index (χ1v) is 7.13. The Morgan fingerprint density at radius 3 is 2.57 bits per heavy atom. The SMILES string of the molecule is COC(=O)c1ccc(Cl)c(NCc2ccc(C)c(Cl)c2)c1. The largest absolute Gasteiger partial charge is 0.465 e. The molecule has 21 heavy (non-hydrogen) atoms. The molecule has 1 N–H and O–H groups in total. The second-order valence-corrected chi connectivity index (χ2v) is 5.44. The molecule has 0 bridgehead atoms. The fourth-order valence-electron chi connectivity index (χ4n) is 1.85. The molecule has 0 aliphatic heterocycles. The van der Waals surface area contributed by atoms with Crippen molar-refractivity contribution in [2.75, 3.05) is 12.4 Å². The highest BCUT2D eigenvalue weighted by Gasteiger charge is 2.09. The van der Waals surface area contributed by atoms with Crippen molar-refractivity contribution < 1.29 is 9.53 Å². The summed E-state index contributed by atoms with van der Waals surface area (Å²) in [5.41, 5.74) is 3.19. The van der Waals surface area contributed by atoms with Crippen LogP contribution in [0.3, 0.4) is 0 Å². The topological polar surface area (TPSA) is 38.3 Å². The van der Waals surface area contributed by atoms with Gasteiger partial charge in [-0.15, -0.1) is 0 Å². The lowest BCUT2D eigenvalue weighted by atomic mass is 10.1. The van der Waals surface area contributed by atoms with Crippen molar-refractivity contribution in [3.63, 3.8) is 0 Å². The van der Waals surface area contributed by atoms with Gasteiger partial charge in [0.2, 0.25) is 0 Å². The Balaban J connectivity index is 2.15. The second-order valence-electron chi connectivity index (χ2n) is 4.62. The van der Waals surface area contributed by atoms with E-state index in [0.717, 1.165) is 16.1 Å². The van der Waals surface area contributed by atoms with Gasteiger partial charge in [-0.05, 0) is 42.3 Å². The number of aryl methyl sites for hydroxylation is 1. The first-order chi connectivity index (χ1) is 10.0. The molecular weight excluding hydrogens is 309 g/mol. The van der Waals surface area contributed by atoms with Gasteiger partial charge in [0.25, 0.3) is 0 Å². The van der Waals surface area contributed by atoms with Crippen LogP contribution in [-0.4, -0.2) is 13.1 Å². The minimum absolute atomic E-state index is 0.395. The third-order valence-corrected chi connectivity index (χ3v) is 3.84. The van der Waals surface area contributed by atoms with E-state index in [1.54, 1.807) is 18.2 Å². The van der Waals surface area contributed by atoms with Crippen molar-refractivity contribution in [2.24, 2.45) is 0 Å². The van der Waals surface area contributed by atoms with Crippen LogP contribution < -0.4 is 5.32 Å². The molecule has 2 aromatic rings. The van der Waals surface area contributed by atoms with Gasteiger partial charge in [0.1, 0.15) is 0 Å². The van der Waals surface area contributed by atoms with Gasteiger partial charge in [-0.2, -0.15) is 0 Å². The molecular formula is C16H15Cl2NO2. The van der Waals surface area contributed by atoms with Gasteiger partial charge in [-0.1, -0.05) is 35.3 Å². The predicted molar refractivity (Wildman–Crippen MR) is 86.3 cm³/mol. The quantitative estimate of drug-likeness (QED) is 0.829. The highest BCUT2D eigenvalue weighted by atomic mass is 35.5. The molecule has 0 saturated heterocycles. The van der Waals surface area contributed by atoms with Gasteiger partial charge in [-0.3, -0.25) is 0 Å². The Hall–Kier alpha value is -1.71. The van der Waals surface area contributed by atoms with Crippen molar-refractivity contribution >= 4 is 34.9 Å². The molecule has 2 rings (SSSR count). The molecule has 0 unspecified atom stereocenters. The Labute approximate surface area is 133 Å². The number of carbonyl (C=O) groups is 1. The third-order valence-electron chi connectivity index (χ3n) is 3.11. The van der Waals surface area contributed by atoms with Crippen molar-refractivity contribution in [1.82, 2.24) is 0 Å². The summed E-state index contributed by atoms with van der Waals surface area (Å²) in [5, 5.41) is 4.47. The molecule has 0 spiro atoms. The van der Waals surface area contributed by atoms with E-state index in [0.29, 0.717) is 22.8 Å². The molecule has 0 amide bonds. The summed E-state index contributed by atoms with van der Waals surface area (Å²) in [7, 11) is 1.35. The smallest absolute Gasteiger partial charge is 0.337 e. The van der Waals surface area contributed by atoms with Gasteiger partial charge < -0.3 is 10.1 Å². The summed E-state index contributed by atoms with van der Waals surface area (Å²) in [6.07, 6.45) is 0. The first kappa shape index (κ1) is 15.7. The molecule has 0 aliphatic rings. The number of methoxy groups -OCH3 is 1. The van der Waals surface area contributed by atoms with Crippen LogP contribution in [0.4, 0.5) is 5.69 Å². The lowest BCUT2D eigenvalue weighted by Crippen LogP contribution is -2.04. The molecule has 5 heteroatoms.